The SMILES string of the molecule is CC(C)c1ccc(C(N)c2ccc(F)c(F)c2Br)cc1. The van der Waals surface area contributed by atoms with Crippen LogP contribution in [-0.4, -0.2) is 0 Å². The Morgan fingerprint density at radius 1 is 0.950 bits per heavy atom. The van der Waals surface area contributed by atoms with Crippen LogP contribution >= 0.6 is 15.9 Å². The Balaban J connectivity index is 2.36. The summed E-state index contributed by atoms with van der Waals surface area (Å²) < 4.78 is 26.8. The molecule has 0 aliphatic rings. The van der Waals surface area contributed by atoms with Gasteiger partial charge in [0.25, 0.3) is 0 Å². The third-order valence-corrected chi connectivity index (χ3v) is 4.17. The van der Waals surface area contributed by atoms with Gasteiger partial charge in [0.15, 0.2) is 11.6 Å². The highest BCUT2D eigenvalue weighted by molar-refractivity contribution is 9.10. The molecule has 0 bridgehead atoms. The molecule has 4 heteroatoms. The molecule has 0 radical (unpaired) electrons. The van der Waals surface area contributed by atoms with Gasteiger partial charge >= 0.3 is 0 Å². The average Bonchev–Trinajstić information content (AvgIpc) is 2.44. The molecule has 0 aliphatic heterocycles. The van der Waals surface area contributed by atoms with Crippen molar-refractivity contribution >= 4 is 15.9 Å². The van der Waals surface area contributed by atoms with Gasteiger partial charge in [-0.05, 0) is 44.6 Å². The van der Waals surface area contributed by atoms with Crippen molar-refractivity contribution in [2.45, 2.75) is 25.8 Å². The van der Waals surface area contributed by atoms with Crippen LogP contribution in [0.1, 0.15) is 42.5 Å². The summed E-state index contributed by atoms with van der Waals surface area (Å²) in [4.78, 5) is 0. The highest BCUT2D eigenvalue weighted by Crippen LogP contribution is 2.30. The lowest BCUT2D eigenvalue weighted by molar-refractivity contribution is 0.501. The lowest BCUT2D eigenvalue weighted by Crippen LogP contribution is -2.13. The van der Waals surface area contributed by atoms with Crippen molar-refractivity contribution in [2.75, 3.05) is 0 Å². The number of rotatable bonds is 3. The largest absolute Gasteiger partial charge is 0.320 e. The monoisotopic (exact) mass is 339 g/mol. The van der Waals surface area contributed by atoms with E-state index >= 15 is 0 Å². The summed E-state index contributed by atoms with van der Waals surface area (Å²) in [6.45, 7) is 4.22. The van der Waals surface area contributed by atoms with Gasteiger partial charge in [0.1, 0.15) is 0 Å². The molecule has 0 heterocycles. The van der Waals surface area contributed by atoms with E-state index in [1.54, 1.807) is 0 Å². The van der Waals surface area contributed by atoms with Gasteiger partial charge in [0.2, 0.25) is 0 Å². The molecule has 1 nitrogen and oxygen atoms in total. The standard InChI is InChI=1S/C16H16BrF2N/c1-9(2)10-3-5-11(6-4-10)16(20)12-7-8-13(18)15(19)14(12)17/h3-9,16H,20H2,1-2H3. The summed E-state index contributed by atoms with van der Waals surface area (Å²) in [5, 5.41) is 0. The first kappa shape index (κ1) is 15.1. The van der Waals surface area contributed by atoms with E-state index < -0.39 is 17.7 Å². The maximum atomic E-state index is 13.6. The van der Waals surface area contributed by atoms with Gasteiger partial charge in [-0.3, -0.25) is 0 Å². The Morgan fingerprint density at radius 3 is 2.05 bits per heavy atom. The third kappa shape index (κ3) is 2.91. The first-order valence-corrected chi connectivity index (χ1v) is 7.20. The Morgan fingerprint density at radius 2 is 1.50 bits per heavy atom. The van der Waals surface area contributed by atoms with E-state index in [0.717, 1.165) is 11.6 Å². The summed E-state index contributed by atoms with van der Waals surface area (Å²) in [5.41, 5.74) is 8.75. The summed E-state index contributed by atoms with van der Waals surface area (Å²) in [7, 11) is 0. The van der Waals surface area contributed by atoms with Crippen LogP contribution in [0.2, 0.25) is 0 Å². The van der Waals surface area contributed by atoms with Crippen LogP contribution in [-0.2, 0) is 0 Å². The molecule has 1 unspecified atom stereocenters. The fourth-order valence-corrected chi connectivity index (χ4v) is 2.62. The van der Waals surface area contributed by atoms with Crippen LogP contribution in [0.5, 0.6) is 0 Å². The Hall–Kier alpha value is -1.26. The molecule has 0 aliphatic carbocycles. The quantitative estimate of drug-likeness (QED) is 0.791. The molecular weight excluding hydrogens is 324 g/mol. The lowest BCUT2D eigenvalue weighted by Gasteiger charge is -2.16. The van der Waals surface area contributed by atoms with Crippen LogP contribution < -0.4 is 5.73 Å². The molecule has 0 amide bonds. The number of hydrogen-bond acceptors (Lipinski definition) is 1. The van der Waals surface area contributed by atoms with E-state index in [1.165, 1.54) is 11.6 Å². The lowest BCUT2D eigenvalue weighted by atomic mass is 9.96. The molecule has 0 fully saturated rings. The predicted molar refractivity (Wildman–Crippen MR) is 80.6 cm³/mol. The van der Waals surface area contributed by atoms with Gasteiger partial charge in [0.05, 0.1) is 10.5 Å². The summed E-state index contributed by atoms with van der Waals surface area (Å²) >= 11 is 3.07. The summed E-state index contributed by atoms with van der Waals surface area (Å²) in [6, 6.07) is 9.96. The van der Waals surface area contributed by atoms with Gasteiger partial charge in [-0.2, -0.15) is 0 Å². The zero-order chi connectivity index (χ0) is 14.9. The van der Waals surface area contributed by atoms with Crippen molar-refractivity contribution in [3.05, 3.63) is 69.2 Å². The van der Waals surface area contributed by atoms with Crippen molar-refractivity contribution < 1.29 is 8.78 Å². The maximum Gasteiger partial charge on any atom is 0.173 e. The molecular formula is C16H16BrF2N. The topological polar surface area (TPSA) is 26.0 Å². The van der Waals surface area contributed by atoms with Gasteiger partial charge in [0, 0.05) is 0 Å². The molecule has 0 saturated carbocycles. The molecule has 0 saturated heterocycles. The highest BCUT2D eigenvalue weighted by Gasteiger charge is 2.17. The van der Waals surface area contributed by atoms with E-state index in [0.29, 0.717) is 11.5 Å². The Bertz CT molecular complexity index is 609. The van der Waals surface area contributed by atoms with Gasteiger partial charge in [-0.15, -0.1) is 0 Å². The second-order valence-corrected chi connectivity index (χ2v) is 5.86. The number of benzene rings is 2. The first-order chi connectivity index (χ1) is 9.41. The van der Waals surface area contributed by atoms with Gasteiger partial charge < -0.3 is 5.73 Å². The third-order valence-electron chi connectivity index (χ3n) is 3.36. The summed E-state index contributed by atoms with van der Waals surface area (Å²) in [6.07, 6.45) is 0. The maximum absolute atomic E-state index is 13.6. The van der Waals surface area contributed by atoms with Crippen LogP contribution in [0, 0.1) is 11.6 Å². The van der Waals surface area contributed by atoms with Crippen LogP contribution in [0.4, 0.5) is 8.78 Å². The zero-order valence-electron chi connectivity index (χ0n) is 11.3. The summed E-state index contributed by atoms with van der Waals surface area (Å²) in [5.74, 6) is -1.35. The molecule has 1 atom stereocenters. The molecule has 2 N–H and O–H groups in total. The number of hydrogen-bond donors (Lipinski definition) is 1. The smallest absolute Gasteiger partial charge is 0.173 e. The second-order valence-electron chi connectivity index (χ2n) is 5.06. The van der Waals surface area contributed by atoms with Crippen LogP contribution in [0.3, 0.4) is 0 Å². The first-order valence-electron chi connectivity index (χ1n) is 6.40. The van der Waals surface area contributed by atoms with Crippen LogP contribution in [0.15, 0.2) is 40.9 Å². The molecule has 20 heavy (non-hydrogen) atoms. The van der Waals surface area contributed by atoms with Crippen molar-refractivity contribution in [3.63, 3.8) is 0 Å². The van der Waals surface area contributed by atoms with Crippen molar-refractivity contribution in [1.29, 1.82) is 0 Å². The minimum absolute atomic E-state index is 0.0814. The van der Waals surface area contributed by atoms with E-state index in [1.807, 2.05) is 24.3 Å². The number of nitrogens with two attached hydrogens (primary N) is 1. The fourth-order valence-electron chi connectivity index (χ4n) is 2.05. The van der Waals surface area contributed by atoms with E-state index in [-0.39, 0.29) is 4.47 Å². The molecule has 2 rings (SSSR count). The Labute approximate surface area is 125 Å². The normalized spacial score (nSPS) is 12.8. The van der Waals surface area contributed by atoms with E-state index in [9.17, 15) is 8.78 Å². The second kappa shape index (κ2) is 6.02. The van der Waals surface area contributed by atoms with Crippen LogP contribution in [0.25, 0.3) is 0 Å². The van der Waals surface area contributed by atoms with Crippen molar-refractivity contribution in [2.24, 2.45) is 5.73 Å². The van der Waals surface area contributed by atoms with Crippen molar-refractivity contribution in [3.8, 4) is 0 Å². The van der Waals surface area contributed by atoms with E-state index in [2.05, 4.69) is 29.8 Å². The number of halogens is 3. The molecule has 106 valence electrons. The van der Waals surface area contributed by atoms with E-state index in [4.69, 9.17) is 5.73 Å². The Kier molecular flexibility index (Phi) is 4.55. The molecule has 0 spiro atoms. The minimum atomic E-state index is -0.906. The van der Waals surface area contributed by atoms with Gasteiger partial charge in [-0.1, -0.05) is 44.2 Å². The zero-order valence-corrected chi connectivity index (χ0v) is 12.9. The molecule has 2 aromatic rings. The minimum Gasteiger partial charge on any atom is -0.320 e. The molecule has 2 aromatic carbocycles. The molecule has 0 aromatic heterocycles. The average molecular weight is 340 g/mol. The van der Waals surface area contributed by atoms with Crippen molar-refractivity contribution in [1.82, 2.24) is 0 Å². The predicted octanol–water partition coefficient (Wildman–Crippen LogP) is 4.90. The van der Waals surface area contributed by atoms with Gasteiger partial charge in [-0.25, -0.2) is 8.78 Å². The fraction of sp³-hybridized carbons (Fsp3) is 0.250. The highest BCUT2D eigenvalue weighted by atomic mass is 79.9.